The number of hydrogen-bond donors (Lipinski definition) is 2. The molecule has 0 spiro atoms. The lowest BCUT2D eigenvalue weighted by molar-refractivity contribution is -0.122. The Morgan fingerprint density at radius 2 is 1.75 bits per heavy atom. The first-order valence-corrected chi connectivity index (χ1v) is 7.50. The summed E-state index contributed by atoms with van der Waals surface area (Å²) in [7, 11) is 0. The molecule has 0 atom stereocenters. The Bertz CT molecular complexity index is 730. The van der Waals surface area contributed by atoms with Crippen molar-refractivity contribution in [2.24, 2.45) is 0 Å². The molecule has 24 heavy (non-hydrogen) atoms. The summed E-state index contributed by atoms with van der Waals surface area (Å²) in [5, 5.41) is 0. The number of hydrogen-bond acceptors (Lipinski definition) is 3. The summed E-state index contributed by atoms with van der Waals surface area (Å²) in [6, 6.07) is 10.9. The second-order valence-corrected chi connectivity index (χ2v) is 5.38. The van der Waals surface area contributed by atoms with E-state index in [1.807, 2.05) is 32.0 Å². The van der Waals surface area contributed by atoms with Crippen LogP contribution < -0.4 is 15.6 Å². The highest BCUT2D eigenvalue weighted by Crippen LogP contribution is 2.19. The zero-order valence-electron chi connectivity index (χ0n) is 13.6. The van der Waals surface area contributed by atoms with Crippen LogP contribution in [-0.2, 0) is 4.79 Å². The molecule has 2 aromatic rings. The Balaban J connectivity index is 1.74. The average molecular weight is 330 g/mol. The van der Waals surface area contributed by atoms with E-state index in [1.165, 1.54) is 24.3 Å². The standard InChI is InChI=1S/C18H19FN2O3/c1-12-3-4-13(2)16(11-12)24-10-9-17(22)20-21-18(23)14-5-7-15(19)8-6-14/h3-8,11H,9-10H2,1-2H3,(H,20,22)(H,21,23). The van der Waals surface area contributed by atoms with Crippen molar-refractivity contribution in [1.29, 1.82) is 0 Å². The number of rotatable bonds is 5. The Morgan fingerprint density at radius 1 is 1.04 bits per heavy atom. The van der Waals surface area contributed by atoms with Crippen molar-refractivity contribution < 1.29 is 18.7 Å². The number of benzene rings is 2. The van der Waals surface area contributed by atoms with Crippen LogP contribution in [0.2, 0.25) is 0 Å². The van der Waals surface area contributed by atoms with E-state index in [2.05, 4.69) is 10.9 Å². The molecule has 0 bridgehead atoms. The Kier molecular flexibility index (Phi) is 5.89. The lowest BCUT2D eigenvalue weighted by Gasteiger charge is -2.10. The van der Waals surface area contributed by atoms with Crippen LogP contribution in [-0.4, -0.2) is 18.4 Å². The molecule has 5 nitrogen and oxygen atoms in total. The monoisotopic (exact) mass is 330 g/mol. The number of aryl methyl sites for hydroxylation is 2. The van der Waals surface area contributed by atoms with Gasteiger partial charge in [0.05, 0.1) is 13.0 Å². The fourth-order valence-electron chi connectivity index (χ4n) is 1.98. The van der Waals surface area contributed by atoms with Crippen molar-refractivity contribution in [3.05, 3.63) is 65.0 Å². The molecule has 0 saturated heterocycles. The molecular formula is C18H19FN2O3. The second-order valence-electron chi connectivity index (χ2n) is 5.38. The number of carbonyl (C=O) groups is 2. The zero-order chi connectivity index (χ0) is 17.5. The number of hydrazine groups is 1. The van der Waals surface area contributed by atoms with E-state index in [0.29, 0.717) is 0 Å². The van der Waals surface area contributed by atoms with E-state index in [4.69, 9.17) is 4.74 Å². The molecule has 0 radical (unpaired) electrons. The Hall–Kier alpha value is -2.89. The normalized spacial score (nSPS) is 10.1. The molecule has 2 amide bonds. The van der Waals surface area contributed by atoms with Crippen molar-refractivity contribution in [1.82, 2.24) is 10.9 Å². The van der Waals surface area contributed by atoms with Crippen molar-refractivity contribution in [2.75, 3.05) is 6.61 Å². The predicted molar refractivity (Wildman–Crippen MR) is 88.0 cm³/mol. The molecular weight excluding hydrogens is 311 g/mol. The van der Waals surface area contributed by atoms with Gasteiger partial charge in [0.2, 0.25) is 5.91 Å². The molecule has 6 heteroatoms. The van der Waals surface area contributed by atoms with Crippen molar-refractivity contribution in [3.63, 3.8) is 0 Å². The quantitative estimate of drug-likeness (QED) is 0.828. The molecule has 2 N–H and O–H groups in total. The molecule has 0 saturated carbocycles. The number of halogens is 1. The Morgan fingerprint density at radius 3 is 2.46 bits per heavy atom. The fourth-order valence-corrected chi connectivity index (χ4v) is 1.98. The predicted octanol–water partition coefficient (Wildman–Crippen LogP) is 2.67. The summed E-state index contributed by atoms with van der Waals surface area (Å²) in [5.74, 6) is -0.591. The molecule has 0 fully saturated rings. The minimum absolute atomic E-state index is 0.0943. The highest BCUT2D eigenvalue weighted by Gasteiger charge is 2.08. The average Bonchev–Trinajstić information content (AvgIpc) is 2.56. The highest BCUT2D eigenvalue weighted by atomic mass is 19.1. The van der Waals surface area contributed by atoms with Crippen LogP contribution in [0.25, 0.3) is 0 Å². The summed E-state index contributed by atoms with van der Waals surface area (Å²) >= 11 is 0. The van der Waals surface area contributed by atoms with E-state index in [9.17, 15) is 14.0 Å². The third-order valence-corrected chi connectivity index (χ3v) is 3.35. The van der Waals surface area contributed by atoms with Crippen LogP contribution in [0, 0.1) is 19.7 Å². The Labute approximate surface area is 139 Å². The first-order valence-electron chi connectivity index (χ1n) is 7.50. The number of carbonyl (C=O) groups excluding carboxylic acids is 2. The van der Waals surface area contributed by atoms with Crippen LogP contribution in [0.1, 0.15) is 27.9 Å². The smallest absolute Gasteiger partial charge is 0.269 e. The van der Waals surface area contributed by atoms with E-state index < -0.39 is 11.7 Å². The molecule has 0 aliphatic rings. The van der Waals surface area contributed by atoms with Gasteiger partial charge in [0.1, 0.15) is 11.6 Å². The largest absolute Gasteiger partial charge is 0.493 e. The summed E-state index contributed by atoms with van der Waals surface area (Å²) in [4.78, 5) is 23.5. The minimum atomic E-state index is -0.515. The maximum atomic E-state index is 12.8. The van der Waals surface area contributed by atoms with Gasteiger partial charge < -0.3 is 4.74 Å². The first kappa shape index (κ1) is 17.5. The van der Waals surface area contributed by atoms with Crippen LogP contribution in [0.4, 0.5) is 4.39 Å². The number of amides is 2. The van der Waals surface area contributed by atoms with Crippen LogP contribution in [0.5, 0.6) is 5.75 Å². The van der Waals surface area contributed by atoms with Gasteiger partial charge in [-0.05, 0) is 55.3 Å². The lowest BCUT2D eigenvalue weighted by Crippen LogP contribution is -2.42. The van der Waals surface area contributed by atoms with E-state index in [0.717, 1.165) is 16.9 Å². The molecule has 0 aliphatic carbocycles. The summed E-state index contributed by atoms with van der Waals surface area (Å²) in [6.07, 6.45) is 0.0943. The first-order chi connectivity index (χ1) is 11.5. The van der Waals surface area contributed by atoms with Crippen molar-refractivity contribution in [2.45, 2.75) is 20.3 Å². The maximum Gasteiger partial charge on any atom is 0.269 e. The van der Waals surface area contributed by atoms with E-state index in [-0.39, 0.29) is 24.5 Å². The molecule has 0 heterocycles. The number of nitrogens with one attached hydrogen (secondary N) is 2. The molecule has 2 aromatic carbocycles. The SMILES string of the molecule is Cc1ccc(C)c(OCCC(=O)NNC(=O)c2ccc(F)cc2)c1. The van der Waals surface area contributed by atoms with Gasteiger partial charge in [0.15, 0.2) is 0 Å². The molecule has 0 aliphatic heterocycles. The summed E-state index contributed by atoms with van der Waals surface area (Å²) in [5.41, 5.74) is 6.89. The van der Waals surface area contributed by atoms with Gasteiger partial charge in [0, 0.05) is 5.56 Å². The lowest BCUT2D eigenvalue weighted by atomic mass is 10.1. The number of ether oxygens (including phenoxy) is 1. The maximum absolute atomic E-state index is 12.8. The summed E-state index contributed by atoms with van der Waals surface area (Å²) < 4.78 is 18.4. The molecule has 126 valence electrons. The second kappa shape index (κ2) is 8.10. The van der Waals surface area contributed by atoms with Gasteiger partial charge in [0.25, 0.3) is 5.91 Å². The van der Waals surface area contributed by atoms with E-state index >= 15 is 0 Å². The van der Waals surface area contributed by atoms with Gasteiger partial charge in [-0.15, -0.1) is 0 Å². The zero-order valence-corrected chi connectivity index (χ0v) is 13.6. The van der Waals surface area contributed by atoms with Crippen molar-refractivity contribution >= 4 is 11.8 Å². The van der Waals surface area contributed by atoms with Crippen molar-refractivity contribution in [3.8, 4) is 5.75 Å². The van der Waals surface area contributed by atoms with Gasteiger partial charge in [-0.2, -0.15) is 0 Å². The summed E-state index contributed by atoms with van der Waals surface area (Å²) in [6.45, 7) is 4.09. The van der Waals surface area contributed by atoms with E-state index in [1.54, 1.807) is 0 Å². The third-order valence-electron chi connectivity index (χ3n) is 3.35. The molecule has 0 unspecified atom stereocenters. The van der Waals surface area contributed by atoms with Gasteiger partial charge in [-0.25, -0.2) is 4.39 Å². The topological polar surface area (TPSA) is 67.4 Å². The van der Waals surface area contributed by atoms with Gasteiger partial charge >= 0.3 is 0 Å². The molecule has 0 aromatic heterocycles. The van der Waals surface area contributed by atoms with Crippen LogP contribution >= 0.6 is 0 Å². The van der Waals surface area contributed by atoms with Crippen LogP contribution in [0.15, 0.2) is 42.5 Å². The van der Waals surface area contributed by atoms with Crippen LogP contribution in [0.3, 0.4) is 0 Å². The van der Waals surface area contributed by atoms with Gasteiger partial charge in [-0.3, -0.25) is 20.4 Å². The third kappa shape index (κ3) is 5.08. The highest BCUT2D eigenvalue weighted by molar-refractivity contribution is 5.95. The fraction of sp³-hybridized carbons (Fsp3) is 0.222. The van der Waals surface area contributed by atoms with Gasteiger partial charge in [-0.1, -0.05) is 12.1 Å². The minimum Gasteiger partial charge on any atom is -0.493 e. The molecule has 2 rings (SSSR count).